The van der Waals surface area contributed by atoms with Crippen molar-refractivity contribution in [1.82, 2.24) is 19.6 Å². The second-order valence-electron chi connectivity index (χ2n) is 3.90. The van der Waals surface area contributed by atoms with Crippen molar-refractivity contribution in [2.45, 2.75) is 33.3 Å². The Bertz CT molecular complexity index is 547. The molecule has 2 heterocycles. The van der Waals surface area contributed by atoms with Crippen LogP contribution < -0.4 is 0 Å². The number of nitrogens with zero attached hydrogens (tertiary/aromatic N) is 4. The van der Waals surface area contributed by atoms with Gasteiger partial charge in [-0.15, -0.1) is 0 Å². The molecule has 2 aromatic heterocycles. The molecular weight excluding hydrogens is 220 g/mol. The zero-order valence-electron chi connectivity index (χ0n) is 10.0. The average Bonchev–Trinajstić information content (AvgIpc) is 2.74. The molecule has 0 aliphatic carbocycles. The van der Waals surface area contributed by atoms with E-state index in [2.05, 4.69) is 15.1 Å². The predicted octanol–water partition coefficient (Wildman–Crippen LogP) is 1.25. The third kappa shape index (κ3) is 2.11. The minimum absolute atomic E-state index is 0.154. The number of carbonyl (C=O) groups excluding carboxylic acids is 1. The molecule has 6 heteroatoms. The second kappa shape index (κ2) is 4.48. The van der Waals surface area contributed by atoms with Crippen LogP contribution in [0.3, 0.4) is 0 Å². The van der Waals surface area contributed by atoms with Gasteiger partial charge < -0.3 is 4.74 Å². The zero-order valence-corrected chi connectivity index (χ0v) is 10.0. The van der Waals surface area contributed by atoms with Crippen LogP contribution >= 0.6 is 0 Å². The summed E-state index contributed by atoms with van der Waals surface area (Å²) < 4.78 is 6.73. The van der Waals surface area contributed by atoms with Crippen molar-refractivity contribution >= 4 is 11.7 Å². The van der Waals surface area contributed by atoms with Gasteiger partial charge in [-0.1, -0.05) is 6.92 Å². The Balaban J connectivity index is 2.49. The van der Waals surface area contributed by atoms with Crippen LogP contribution in [0.1, 0.15) is 36.8 Å². The number of carbonyl (C=O) groups is 1. The summed E-state index contributed by atoms with van der Waals surface area (Å²) in [6.45, 7) is 5.57. The van der Waals surface area contributed by atoms with Gasteiger partial charge in [-0.25, -0.2) is 14.3 Å². The van der Waals surface area contributed by atoms with Gasteiger partial charge in [-0.05, 0) is 20.3 Å². The Morgan fingerprint density at radius 1 is 1.47 bits per heavy atom. The van der Waals surface area contributed by atoms with Gasteiger partial charge in [0, 0.05) is 6.20 Å². The van der Waals surface area contributed by atoms with Gasteiger partial charge in [0.05, 0.1) is 17.4 Å². The van der Waals surface area contributed by atoms with Crippen LogP contribution in [0.25, 0.3) is 5.78 Å². The Kier molecular flexibility index (Phi) is 3.03. The number of ether oxygens (including phenoxy) is 1. The number of rotatable bonds is 3. The number of fused-ring (bicyclic) bond motifs is 1. The van der Waals surface area contributed by atoms with Crippen molar-refractivity contribution in [2.75, 3.05) is 0 Å². The Morgan fingerprint density at radius 2 is 2.24 bits per heavy atom. The maximum atomic E-state index is 11.9. The first kappa shape index (κ1) is 11.5. The molecule has 0 saturated carbocycles. The smallest absolute Gasteiger partial charge is 0.341 e. The molecule has 0 radical (unpaired) electrons. The maximum Gasteiger partial charge on any atom is 0.341 e. The Morgan fingerprint density at radius 3 is 2.88 bits per heavy atom. The fourth-order valence-corrected chi connectivity index (χ4v) is 1.61. The van der Waals surface area contributed by atoms with Crippen LogP contribution in [-0.2, 0) is 11.2 Å². The topological polar surface area (TPSA) is 69.4 Å². The number of hydrogen-bond acceptors (Lipinski definition) is 5. The van der Waals surface area contributed by atoms with E-state index in [1.807, 2.05) is 20.8 Å². The quantitative estimate of drug-likeness (QED) is 0.747. The molecule has 2 rings (SSSR count). The molecule has 0 N–H and O–H groups in total. The number of esters is 1. The van der Waals surface area contributed by atoms with E-state index in [0.717, 1.165) is 5.69 Å². The van der Waals surface area contributed by atoms with Crippen molar-refractivity contribution in [3.05, 3.63) is 23.8 Å². The van der Waals surface area contributed by atoms with Crippen LogP contribution in [-0.4, -0.2) is 31.7 Å². The largest absolute Gasteiger partial charge is 0.459 e. The van der Waals surface area contributed by atoms with Crippen LogP contribution in [0.4, 0.5) is 0 Å². The second-order valence-corrected chi connectivity index (χ2v) is 3.90. The summed E-state index contributed by atoms with van der Waals surface area (Å²) in [5.41, 5.74) is 1.21. The van der Waals surface area contributed by atoms with Gasteiger partial charge in [0.2, 0.25) is 0 Å². The first-order valence-electron chi connectivity index (χ1n) is 5.52. The van der Waals surface area contributed by atoms with E-state index >= 15 is 0 Å². The zero-order chi connectivity index (χ0) is 12.4. The minimum atomic E-state index is -0.373. The van der Waals surface area contributed by atoms with Gasteiger partial charge in [0.25, 0.3) is 5.78 Å². The lowest BCUT2D eigenvalue weighted by Gasteiger charge is -2.10. The fraction of sp³-hybridized carbons (Fsp3) is 0.455. The van der Waals surface area contributed by atoms with Gasteiger partial charge >= 0.3 is 5.97 Å². The molecule has 0 spiro atoms. The number of aryl methyl sites for hydroxylation is 1. The molecule has 90 valence electrons. The molecule has 0 aliphatic rings. The van der Waals surface area contributed by atoms with Crippen LogP contribution in [0, 0.1) is 0 Å². The third-order valence-electron chi connectivity index (χ3n) is 2.30. The lowest BCUT2D eigenvalue weighted by molar-refractivity contribution is 0.0375. The molecule has 0 atom stereocenters. The van der Waals surface area contributed by atoms with E-state index in [-0.39, 0.29) is 12.1 Å². The van der Waals surface area contributed by atoms with Crippen molar-refractivity contribution in [2.24, 2.45) is 0 Å². The highest BCUT2D eigenvalue weighted by molar-refractivity contribution is 5.90. The van der Waals surface area contributed by atoms with E-state index in [9.17, 15) is 4.79 Å². The lowest BCUT2D eigenvalue weighted by atomic mass is 10.2. The van der Waals surface area contributed by atoms with Crippen LogP contribution in [0.2, 0.25) is 0 Å². The summed E-state index contributed by atoms with van der Waals surface area (Å²) in [4.78, 5) is 19.9. The van der Waals surface area contributed by atoms with Gasteiger partial charge in [-0.3, -0.25) is 0 Å². The fourth-order valence-electron chi connectivity index (χ4n) is 1.61. The highest BCUT2D eigenvalue weighted by atomic mass is 16.5. The summed E-state index contributed by atoms with van der Waals surface area (Å²) >= 11 is 0. The first-order chi connectivity index (χ1) is 8.13. The maximum absolute atomic E-state index is 11.9. The molecule has 0 bridgehead atoms. The molecule has 2 aromatic rings. The molecule has 0 saturated heterocycles. The molecule has 0 fully saturated rings. The normalized spacial score (nSPS) is 11.1. The molecule has 0 amide bonds. The van der Waals surface area contributed by atoms with Crippen LogP contribution in [0.5, 0.6) is 0 Å². The molecule has 0 aliphatic heterocycles. The van der Waals surface area contributed by atoms with E-state index < -0.39 is 0 Å². The Hall–Kier alpha value is -1.98. The number of aromatic nitrogens is 4. The molecular formula is C11H14N4O2. The van der Waals surface area contributed by atoms with E-state index in [0.29, 0.717) is 17.8 Å². The van der Waals surface area contributed by atoms with Crippen molar-refractivity contribution in [3.8, 4) is 0 Å². The predicted molar refractivity (Wildman–Crippen MR) is 60.7 cm³/mol. The summed E-state index contributed by atoms with van der Waals surface area (Å²) in [7, 11) is 0. The highest BCUT2D eigenvalue weighted by Gasteiger charge is 2.17. The summed E-state index contributed by atoms with van der Waals surface area (Å²) in [6.07, 6.45) is 3.41. The molecule has 0 aromatic carbocycles. The molecule has 0 unspecified atom stereocenters. The third-order valence-corrected chi connectivity index (χ3v) is 2.30. The highest BCUT2D eigenvalue weighted by Crippen LogP contribution is 2.12. The monoisotopic (exact) mass is 234 g/mol. The summed E-state index contributed by atoms with van der Waals surface area (Å²) in [6, 6.07) is 0. The first-order valence-corrected chi connectivity index (χ1v) is 5.52. The standard InChI is InChI=1S/C11H14N4O2/c1-4-9-8(10(16)17-7(2)3)5-12-11-13-6-14-15(9)11/h5-7H,4H2,1-3H3. The Labute approximate surface area is 98.6 Å². The average molecular weight is 234 g/mol. The van der Waals surface area contributed by atoms with E-state index in [1.54, 1.807) is 4.52 Å². The van der Waals surface area contributed by atoms with Gasteiger partial charge in [-0.2, -0.15) is 10.1 Å². The van der Waals surface area contributed by atoms with E-state index in [4.69, 9.17) is 4.74 Å². The SMILES string of the molecule is CCc1c(C(=O)OC(C)C)cnc2ncnn12. The van der Waals surface area contributed by atoms with Gasteiger partial charge in [0.15, 0.2) is 0 Å². The van der Waals surface area contributed by atoms with Crippen molar-refractivity contribution in [3.63, 3.8) is 0 Å². The summed E-state index contributed by atoms with van der Waals surface area (Å²) in [5, 5.41) is 4.05. The number of hydrogen-bond donors (Lipinski definition) is 0. The molecule has 17 heavy (non-hydrogen) atoms. The summed E-state index contributed by atoms with van der Waals surface area (Å²) in [5.74, 6) is 0.115. The lowest BCUT2D eigenvalue weighted by Crippen LogP contribution is -2.16. The van der Waals surface area contributed by atoms with Gasteiger partial charge in [0.1, 0.15) is 6.33 Å². The molecule has 6 nitrogen and oxygen atoms in total. The van der Waals surface area contributed by atoms with Crippen molar-refractivity contribution in [1.29, 1.82) is 0 Å². The van der Waals surface area contributed by atoms with E-state index in [1.165, 1.54) is 12.5 Å². The minimum Gasteiger partial charge on any atom is -0.459 e. The van der Waals surface area contributed by atoms with Crippen LogP contribution in [0.15, 0.2) is 12.5 Å². The van der Waals surface area contributed by atoms with Crippen molar-refractivity contribution < 1.29 is 9.53 Å².